The molecule has 4 unspecified atom stereocenters. The lowest BCUT2D eigenvalue weighted by molar-refractivity contribution is 0.190. The summed E-state index contributed by atoms with van der Waals surface area (Å²) in [5, 5.41) is 3.79. The molecule has 0 aliphatic heterocycles. The number of nitrogens with one attached hydrogen (secondary N) is 2. The van der Waals surface area contributed by atoms with E-state index in [1.54, 1.807) is 0 Å². The highest BCUT2D eigenvalue weighted by Gasteiger charge is 2.28. The monoisotopic (exact) mass is 235 g/mol. The van der Waals surface area contributed by atoms with Crippen LogP contribution in [0.2, 0.25) is 0 Å². The molecule has 1 aliphatic carbocycles. The second-order valence-electron chi connectivity index (χ2n) is 5.48. The van der Waals surface area contributed by atoms with Gasteiger partial charge in [-0.2, -0.15) is 0 Å². The first kappa shape index (κ1) is 12.6. The Morgan fingerprint density at radius 1 is 1.47 bits per heavy atom. The van der Waals surface area contributed by atoms with E-state index in [0.717, 1.165) is 24.1 Å². The van der Waals surface area contributed by atoms with Gasteiger partial charge in [0, 0.05) is 18.4 Å². The molecule has 2 rings (SSSR count). The summed E-state index contributed by atoms with van der Waals surface area (Å²) in [7, 11) is 0. The summed E-state index contributed by atoms with van der Waals surface area (Å²) >= 11 is 0. The topological polar surface area (TPSA) is 40.7 Å². The van der Waals surface area contributed by atoms with Gasteiger partial charge in [0.1, 0.15) is 5.82 Å². The highest BCUT2D eigenvalue weighted by atomic mass is 15.0. The summed E-state index contributed by atoms with van der Waals surface area (Å²) < 4.78 is 0. The molecule has 0 spiro atoms. The molecule has 0 saturated heterocycles. The maximum Gasteiger partial charge on any atom is 0.123 e. The Morgan fingerprint density at radius 3 is 2.94 bits per heavy atom. The minimum atomic E-state index is 0.378. The number of rotatable bonds is 4. The molecule has 0 bridgehead atoms. The van der Waals surface area contributed by atoms with E-state index >= 15 is 0 Å². The Hall–Kier alpha value is -0.830. The first-order valence-electron chi connectivity index (χ1n) is 6.97. The van der Waals surface area contributed by atoms with E-state index in [1.165, 1.54) is 19.3 Å². The van der Waals surface area contributed by atoms with Crippen molar-refractivity contribution in [2.24, 2.45) is 11.8 Å². The molecule has 4 atom stereocenters. The van der Waals surface area contributed by atoms with Gasteiger partial charge >= 0.3 is 0 Å². The van der Waals surface area contributed by atoms with E-state index in [2.05, 4.69) is 36.1 Å². The van der Waals surface area contributed by atoms with Crippen LogP contribution in [0, 0.1) is 11.8 Å². The van der Waals surface area contributed by atoms with Crippen LogP contribution in [0.25, 0.3) is 0 Å². The number of nitrogens with zero attached hydrogens (tertiary/aromatic N) is 1. The molecule has 0 radical (unpaired) electrons. The van der Waals surface area contributed by atoms with Crippen molar-refractivity contribution in [1.82, 2.24) is 15.3 Å². The summed E-state index contributed by atoms with van der Waals surface area (Å²) in [6.45, 7) is 6.99. The fourth-order valence-electron chi connectivity index (χ4n) is 2.93. The maximum absolute atomic E-state index is 4.38. The van der Waals surface area contributed by atoms with Crippen molar-refractivity contribution in [2.45, 2.75) is 58.5 Å². The van der Waals surface area contributed by atoms with E-state index in [-0.39, 0.29) is 0 Å². The third-order valence-electron chi connectivity index (χ3n) is 4.38. The van der Waals surface area contributed by atoms with Gasteiger partial charge in [-0.05, 0) is 24.7 Å². The molecular formula is C14H25N3. The minimum absolute atomic E-state index is 0.378. The molecule has 1 aromatic rings. The second kappa shape index (κ2) is 5.67. The van der Waals surface area contributed by atoms with E-state index in [1.807, 2.05) is 12.4 Å². The lowest BCUT2D eigenvalue weighted by Crippen LogP contribution is -2.42. The van der Waals surface area contributed by atoms with Gasteiger partial charge < -0.3 is 10.3 Å². The van der Waals surface area contributed by atoms with Crippen LogP contribution in [0.3, 0.4) is 0 Å². The van der Waals surface area contributed by atoms with Crippen molar-refractivity contribution < 1.29 is 0 Å². The number of imidazole rings is 1. The SMILES string of the molecule is CCC(NC1CCCC(C)C1C)c1ncc[nH]1. The van der Waals surface area contributed by atoms with Crippen molar-refractivity contribution in [2.75, 3.05) is 0 Å². The van der Waals surface area contributed by atoms with Crippen molar-refractivity contribution in [3.63, 3.8) is 0 Å². The van der Waals surface area contributed by atoms with Gasteiger partial charge in [-0.25, -0.2) is 4.98 Å². The quantitative estimate of drug-likeness (QED) is 0.841. The number of hydrogen-bond donors (Lipinski definition) is 2. The largest absolute Gasteiger partial charge is 0.347 e. The van der Waals surface area contributed by atoms with Crippen molar-refractivity contribution in [1.29, 1.82) is 0 Å². The summed E-state index contributed by atoms with van der Waals surface area (Å²) in [4.78, 5) is 7.61. The molecule has 1 heterocycles. The zero-order chi connectivity index (χ0) is 12.3. The van der Waals surface area contributed by atoms with Crippen LogP contribution in [0.1, 0.15) is 58.3 Å². The average molecular weight is 235 g/mol. The minimum Gasteiger partial charge on any atom is -0.347 e. The van der Waals surface area contributed by atoms with Gasteiger partial charge in [0.15, 0.2) is 0 Å². The van der Waals surface area contributed by atoms with Gasteiger partial charge in [0.05, 0.1) is 6.04 Å². The van der Waals surface area contributed by atoms with Crippen molar-refractivity contribution >= 4 is 0 Å². The molecule has 1 aromatic heterocycles. The third-order valence-corrected chi connectivity index (χ3v) is 4.38. The number of H-pyrrole nitrogens is 1. The molecule has 2 N–H and O–H groups in total. The molecule has 1 saturated carbocycles. The number of aromatic nitrogens is 2. The Bertz CT molecular complexity index is 320. The lowest BCUT2D eigenvalue weighted by atomic mass is 9.77. The van der Waals surface area contributed by atoms with Crippen LogP contribution in [0.5, 0.6) is 0 Å². The lowest BCUT2D eigenvalue weighted by Gasteiger charge is -2.36. The average Bonchev–Trinajstić information content (AvgIpc) is 2.85. The second-order valence-corrected chi connectivity index (χ2v) is 5.48. The number of aromatic amines is 1. The Labute approximate surface area is 104 Å². The number of hydrogen-bond acceptors (Lipinski definition) is 2. The normalized spacial score (nSPS) is 31.4. The standard InChI is InChI=1S/C14H25N3/c1-4-12(14-15-8-9-16-14)17-13-7-5-6-10(2)11(13)3/h8-13,17H,4-7H2,1-3H3,(H,15,16). The molecule has 1 fully saturated rings. The Balaban J connectivity index is 1.98. The zero-order valence-corrected chi connectivity index (χ0v) is 11.2. The molecule has 96 valence electrons. The molecule has 3 heteroatoms. The summed E-state index contributed by atoms with van der Waals surface area (Å²) in [5.41, 5.74) is 0. The molecule has 3 nitrogen and oxygen atoms in total. The predicted octanol–water partition coefficient (Wildman–Crippen LogP) is 3.28. The summed E-state index contributed by atoms with van der Waals surface area (Å²) in [6, 6.07) is 1.02. The zero-order valence-electron chi connectivity index (χ0n) is 11.2. The third kappa shape index (κ3) is 2.89. The first-order valence-corrected chi connectivity index (χ1v) is 6.97. The van der Waals surface area contributed by atoms with Gasteiger partial charge in [-0.3, -0.25) is 0 Å². The van der Waals surface area contributed by atoms with E-state index in [4.69, 9.17) is 0 Å². The molecule has 17 heavy (non-hydrogen) atoms. The van der Waals surface area contributed by atoms with Gasteiger partial charge in [0.25, 0.3) is 0 Å². The highest BCUT2D eigenvalue weighted by molar-refractivity contribution is 4.97. The van der Waals surface area contributed by atoms with Crippen LogP contribution in [0.4, 0.5) is 0 Å². The first-order chi connectivity index (χ1) is 8.22. The molecule has 0 aromatic carbocycles. The molecular weight excluding hydrogens is 210 g/mol. The fourth-order valence-corrected chi connectivity index (χ4v) is 2.93. The Kier molecular flexibility index (Phi) is 4.21. The van der Waals surface area contributed by atoms with E-state index in [9.17, 15) is 0 Å². The van der Waals surface area contributed by atoms with Crippen molar-refractivity contribution in [3.05, 3.63) is 18.2 Å². The van der Waals surface area contributed by atoms with E-state index in [0.29, 0.717) is 12.1 Å². The summed E-state index contributed by atoms with van der Waals surface area (Å²) in [5.74, 6) is 2.70. The molecule has 0 amide bonds. The molecule has 1 aliphatic rings. The fraction of sp³-hybridized carbons (Fsp3) is 0.786. The van der Waals surface area contributed by atoms with Crippen molar-refractivity contribution in [3.8, 4) is 0 Å². The van der Waals surface area contributed by atoms with Gasteiger partial charge in [0.2, 0.25) is 0 Å². The van der Waals surface area contributed by atoms with Gasteiger partial charge in [-0.1, -0.05) is 33.6 Å². The predicted molar refractivity (Wildman–Crippen MR) is 70.7 cm³/mol. The smallest absolute Gasteiger partial charge is 0.123 e. The summed E-state index contributed by atoms with van der Waals surface area (Å²) in [6.07, 6.45) is 8.89. The van der Waals surface area contributed by atoms with E-state index < -0.39 is 0 Å². The highest BCUT2D eigenvalue weighted by Crippen LogP contribution is 2.31. The van der Waals surface area contributed by atoms with Gasteiger partial charge in [-0.15, -0.1) is 0 Å². The van der Waals surface area contributed by atoms with Crippen LogP contribution in [-0.4, -0.2) is 16.0 Å². The maximum atomic E-state index is 4.38. The Morgan fingerprint density at radius 2 is 2.29 bits per heavy atom. The van der Waals surface area contributed by atoms with Crippen LogP contribution >= 0.6 is 0 Å². The van der Waals surface area contributed by atoms with Crippen LogP contribution < -0.4 is 5.32 Å². The van der Waals surface area contributed by atoms with Crippen LogP contribution in [0.15, 0.2) is 12.4 Å². The van der Waals surface area contributed by atoms with Crippen LogP contribution in [-0.2, 0) is 0 Å².